The van der Waals surface area contributed by atoms with Crippen molar-refractivity contribution in [3.63, 3.8) is 0 Å². The highest BCUT2D eigenvalue weighted by molar-refractivity contribution is 7.37. The predicted molar refractivity (Wildman–Crippen MR) is 124 cm³/mol. The Morgan fingerprint density at radius 2 is 1.28 bits per heavy atom. The Balaban J connectivity index is 2.25. The van der Waals surface area contributed by atoms with Gasteiger partial charge in [-0.05, 0) is 44.0 Å². The van der Waals surface area contributed by atoms with Crippen LogP contribution in [0.15, 0.2) is 73.3 Å². The second kappa shape index (κ2) is 8.23. The van der Waals surface area contributed by atoms with Crippen LogP contribution in [-0.4, -0.2) is 32.2 Å². The maximum absolute atomic E-state index is 7.06. The fourth-order valence-electron chi connectivity index (χ4n) is 3.68. The first-order valence-electron chi connectivity index (χ1n) is 10.4. The molecule has 0 radical (unpaired) electrons. The predicted octanol–water partition coefficient (Wildman–Crippen LogP) is 4.14. The van der Waals surface area contributed by atoms with Crippen LogP contribution in [0, 0.1) is 5.92 Å². The van der Waals surface area contributed by atoms with Crippen molar-refractivity contribution in [1.29, 1.82) is 0 Å². The molecule has 5 heteroatoms. The Morgan fingerprint density at radius 1 is 0.862 bits per heavy atom. The topological polar surface area (TPSA) is 27.7 Å². The third-order valence-electron chi connectivity index (χ3n) is 6.20. The quantitative estimate of drug-likeness (QED) is 0.509. The molecule has 1 heterocycles. The fourth-order valence-corrected chi connectivity index (χ4v) is 8.04. The maximum atomic E-state index is 7.06. The van der Waals surface area contributed by atoms with E-state index in [2.05, 4.69) is 96.7 Å². The number of benzene rings is 2. The summed E-state index contributed by atoms with van der Waals surface area (Å²) in [6, 6.07) is 20.9. The molecule has 0 spiro atoms. The van der Waals surface area contributed by atoms with Crippen molar-refractivity contribution in [3.05, 3.63) is 73.3 Å². The van der Waals surface area contributed by atoms with Gasteiger partial charge in [-0.2, -0.15) is 0 Å². The standard InChI is InChI=1S/C24H33BO3Si/c1-8-22(19(2)3)26-29(20-15-11-9-12-16-20,21-17-13-10-14-18-21)25-27-23(4,5)24(6,7)28-25/h8-19,22H,1H2,2-7H3. The Bertz CT molecular complexity index is 765. The van der Waals surface area contributed by atoms with E-state index in [1.165, 1.54) is 0 Å². The van der Waals surface area contributed by atoms with E-state index in [4.69, 9.17) is 13.7 Å². The smallest absolute Gasteiger partial charge is 0.404 e. The zero-order valence-electron chi connectivity index (χ0n) is 18.5. The summed E-state index contributed by atoms with van der Waals surface area (Å²) in [4.78, 5) is 0. The van der Waals surface area contributed by atoms with Crippen LogP contribution >= 0.6 is 0 Å². The third kappa shape index (κ3) is 4.02. The summed E-state index contributed by atoms with van der Waals surface area (Å²) in [6.07, 6.45) is 1.80. The molecular formula is C24H33BO3Si. The van der Waals surface area contributed by atoms with Gasteiger partial charge in [-0.25, -0.2) is 0 Å². The van der Waals surface area contributed by atoms with E-state index in [-0.39, 0.29) is 12.0 Å². The van der Waals surface area contributed by atoms with Crippen LogP contribution in [0.25, 0.3) is 0 Å². The van der Waals surface area contributed by atoms with E-state index in [1.807, 2.05) is 18.2 Å². The summed E-state index contributed by atoms with van der Waals surface area (Å²) >= 11 is 0. The molecule has 1 aliphatic rings. The lowest BCUT2D eigenvalue weighted by atomic mass is 9.90. The number of hydrogen-bond acceptors (Lipinski definition) is 3. The van der Waals surface area contributed by atoms with Crippen molar-refractivity contribution in [2.24, 2.45) is 5.92 Å². The van der Waals surface area contributed by atoms with Crippen LogP contribution in [0.2, 0.25) is 0 Å². The molecule has 0 aromatic heterocycles. The first-order chi connectivity index (χ1) is 13.6. The minimum atomic E-state index is -2.95. The van der Waals surface area contributed by atoms with Crippen molar-refractivity contribution in [1.82, 2.24) is 0 Å². The lowest BCUT2D eigenvalue weighted by Crippen LogP contribution is -2.73. The first kappa shape index (κ1) is 22.0. The lowest BCUT2D eigenvalue weighted by molar-refractivity contribution is 0.00578. The molecule has 0 aliphatic carbocycles. The minimum absolute atomic E-state index is 0.110. The van der Waals surface area contributed by atoms with Crippen LogP contribution in [0.4, 0.5) is 0 Å². The summed E-state index contributed by atoms with van der Waals surface area (Å²) < 4.78 is 20.3. The van der Waals surface area contributed by atoms with E-state index in [0.29, 0.717) is 0 Å². The summed E-state index contributed by atoms with van der Waals surface area (Å²) in [5.74, 6) is 0.286. The molecule has 1 saturated heterocycles. The second-order valence-electron chi connectivity index (χ2n) is 9.12. The first-order valence-corrected chi connectivity index (χ1v) is 12.4. The van der Waals surface area contributed by atoms with Gasteiger partial charge in [0.2, 0.25) is 0 Å². The van der Waals surface area contributed by atoms with Crippen molar-refractivity contribution in [3.8, 4) is 0 Å². The lowest BCUT2D eigenvalue weighted by Gasteiger charge is -2.37. The average molecular weight is 408 g/mol. The molecule has 0 N–H and O–H groups in total. The second-order valence-corrected chi connectivity index (χ2v) is 12.5. The van der Waals surface area contributed by atoms with Gasteiger partial charge in [0.1, 0.15) is 0 Å². The average Bonchev–Trinajstić information content (AvgIpc) is 2.91. The fraction of sp³-hybridized carbons (Fsp3) is 0.417. The molecule has 1 atom stereocenters. The Kier molecular flexibility index (Phi) is 6.25. The van der Waals surface area contributed by atoms with Crippen molar-refractivity contribution < 1.29 is 13.7 Å². The van der Waals surface area contributed by atoms with Crippen LogP contribution in [0.1, 0.15) is 41.5 Å². The Labute approximate surface area is 177 Å². The normalized spacial score (nSPS) is 19.3. The molecule has 1 unspecified atom stereocenters. The van der Waals surface area contributed by atoms with Crippen molar-refractivity contribution >= 4 is 25.3 Å². The van der Waals surface area contributed by atoms with Gasteiger partial charge in [-0.1, -0.05) is 80.6 Å². The highest BCUT2D eigenvalue weighted by atomic mass is 28.3. The van der Waals surface area contributed by atoms with Gasteiger partial charge in [0, 0.05) is 0 Å². The van der Waals surface area contributed by atoms with E-state index in [9.17, 15) is 0 Å². The highest BCUT2D eigenvalue weighted by Crippen LogP contribution is 2.39. The van der Waals surface area contributed by atoms with Crippen LogP contribution in [0.3, 0.4) is 0 Å². The molecule has 154 valence electrons. The molecular weight excluding hydrogens is 375 g/mol. The van der Waals surface area contributed by atoms with Crippen LogP contribution < -0.4 is 10.4 Å². The van der Waals surface area contributed by atoms with Gasteiger partial charge in [0.25, 0.3) is 8.19 Å². The molecule has 0 bridgehead atoms. The molecule has 3 rings (SSSR count). The van der Waals surface area contributed by atoms with E-state index in [0.717, 1.165) is 10.4 Å². The van der Waals surface area contributed by atoms with Crippen molar-refractivity contribution in [2.75, 3.05) is 0 Å². The summed E-state index contributed by atoms with van der Waals surface area (Å²) in [7, 11) is -2.95. The Morgan fingerprint density at radius 3 is 1.62 bits per heavy atom. The molecule has 2 aromatic carbocycles. The molecule has 1 fully saturated rings. The zero-order valence-corrected chi connectivity index (χ0v) is 19.5. The van der Waals surface area contributed by atoms with E-state index in [1.54, 1.807) is 0 Å². The summed E-state index contributed by atoms with van der Waals surface area (Å²) in [6.45, 7) is 16.3. The third-order valence-corrected chi connectivity index (χ3v) is 10.1. The molecule has 0 saturated carbocycles. The summed E-state index contributed by atoms with van der Waals surface area (Å²) in [5.41, 5.74) is -0.880. The summed E-state index contributed by atoms with van der Waals surface area (Å²) in [5, 5.41) is 2.27. The zero-order chi connectivity index (χ0) is 21.3. The van der Waals surface area contributed by atoms with Crippen LogP contribution in [0.5, 0.6) is 0 Å². The number of rotatable bonds is 7. The van der Waals surface area contributed by atoms with Gasteiger partial charge in [-0.15, -0.1) is 6.58 Å². The van der Waals surface area contributed by atoms with E-state index < -0.39 is 26.1 Å². The Hall–Kier alpha value is -1.66. The van der Waals surface area contributed by atoms with Gasteiger partial charge in [-0.3, -0.25) is 0 Å². The molecule has 3 nitrogen and oxygen atoms in total. The van der Waals surface area contributed by atoms with Crippen molar-refractivity contribution in [2.45, 2.75) is 58.8 Å². The highest BCUT2D eigenvalue weighted by Gasteiger charge is 2.64. The van der Waals surface area contributed by atoms with E-state index >= 15 is 0 Å². The van der Waals surface area contributed by atoms with Gasteiger partial charge in [0.05, 0.1) is 17.3 Å². The monoisotopic (exact) mass is 408 g/mol. The molecule has 2 aromatic rings. The molecule has 1 aliphatic heterocycles. The maximum Gasteiger partial charge on any atom is 0.479 e. The molecule has 0 amide bonds. The SMILES string of the molecule is C=CC(O[Si](B1OC(C)(C)C(C)(C)O1)(c1ccccc1)c1ccccc1)C(C)C. The van der Waals surface area contributed by atoms with Gasteiger partial charge >= 0.3 is 6.71 Å². The minimum Gasteiger partial charge on any atom is -0.404 e. The van der Waals surface area contributed by atoms with Gasteiger partial charge < -0.3 is 13.7 Å². The van der Waals surface area contributed by atoms with Crippen LogP contribution in [-0.2, 0) is 13.7 Å². The largest absolute Gasteiger partial charge is 0.479 e. The molecule has 29 heavy (non-hydrogen) atoms. The number of hydrogen-bond donors (Lipinski definition) is 0. The van der Waals surface area contributed by atoms with Gasteiger partial charge in [0.15, 0.2) is 0 Å².